The van der Waals surface area contributed by atoms with Gasteiger partial charge in [0.1, 0.15) is 17.6 Å². The van der Waals surface area contributed by atoms with Crippen LogP contribution in [0.2, 0.25) is 0 Å². The summed E-state index contributed by atoms with van der Waals surface area (Å²) in [5, 5.41) is 0. The molecule has 1 aromatic carbocycles. The zero-order valence-electron chi connectivity index (χ0n) is 18.1. The van der Waals surface area contributed by atoms with Crippen molar-refractivity contribution in [1.82, 2.24) is 19.5 Å². The topological polar surface area (TPSA) is 141 Å². The monoisotopic (exact) mass is 463 g/mol. The number of imidazole rings is 1. The lowest BCUT2D eigenvalue weighted by molar-refractivity contribution is -0.154. The number of aromatic nitrogens is 4. The maximum Gasteiger partial charge on any atom is 0.407 e. The van der Waals surface area contributed by atoms with Crippen LogP contribution in [0.4, 0.5) is 5.82 Å². The zero-order chi connectivity index (χ0) is 23.1. The maximum absolute atomic E-state index is 13.3. The molecule has 0 aliphatic carbocycles. The van der Waals surface area contributed by atoms with Crippen molar-refractivity contribution in [2.45, 2.75) is 33.4 Å². The molecule has 2 heterocycles. The van der Waals surface area contributed by atoms with Crippen LogP contribution in [-0.2, 0) is 29.9 Å². The highest BCUT2D eigenvalue weighted by atomic mass is 31.2. The number of nitrogens with zero attached hydrogens (tertiary/aromatic N) is 4. The first-order chi connectivity index (χ1) is 15.3. The summed E-state index contributed by atoms with van der Waals surface area (Å²) in [4.78, 5) is 24.0. The quantitative estimate of drug-likeness (QED) is 0.256. The van der Waals surface area contributed by atoms with Crippen LogP contribution < -0.4 is 10.3 Å². The van der Waals surface area contributed by atoms with Gasteiger partial charge in [-0.2, -0.15) is 0 Å². The number of hydrogen-bond acceptors (Lipinski definition) is 10. The number of rotatable bonds is 11. The van der Waals surface area contributed by atoms with Gasteiger partial charge < -0.3 is 24.3 Å². The Balaban J connectivity index is 1.64. The largest absolute Gasteiger partial charge is 0.438 e. The summed E-state index contributed by atoms with van der Waals surface area (Å²) < 4.78 is 36.7. The Morgan fingerprint density at radius 1 is 1.16 bits per heavy atom. The van der Waals surface area contributed by atoms with E-state index in [1.807, 2.05) is 0 Å². The minimum absolute atomic E-state index is 0.285. The minimum atomic E-state index is -3.80. The van der Waals surface area contributed by atoms with Gasteiger partial charge >= 0.3 is 13.6 Å². The summed E-state index contributed by atoms with van der Waals surface area (Å²) in [7, 11) is -3.80. The van der Waals surface area contributed by atoms with Crippen LogP contribution in [0.25, 0.3) is 11.2 Å². The van der Waals surface area contributed by atoms with Gasteiger partial charge in [0.15, 0.2) is 17.8 Å². The van der Waals surface area contributed by atoms with Crippen LogP contribution >= 0.6 is 7.60 Å². The van der Waals surface area contributed by atoms with E-state index in [2.05, 4.69) is 15.0 Å². The van der Waals surface area contributed by atoms with Gasteiger partial charge in [-0.1, -0.05) is 32.0 Å². The Kier molecular flexibility index (Phi) is 7.79. The normalized spacial score (nSPS) is 14.2. The van der Waals surface area contributed by atoms with Crippen LogP contribution in [-0.4, -0.2) is 44.7 Å². The van der Waals surface area contributed by atoms with Crippen molar-refractivity contribution in [3.8, 4) is 5.75 Å². The van der Waals surface area contributed by atoms with Gasteiger partial charge in [-0.15, -0.1) is 0 Å². The highest BCUT2D eigenvalue weighted by Crippen LogP contribution is 2.48. The van der Waals surface area contributed by atoms with E-state index in [9.17, 15) is 9.36 Å². The highest BCUT2D eigenvalue weighted by molar-refractivity contribution is 7.54. The number of nitrogens with two attached hydrogens (primary N) is 1. The fraction of sp³-hybridized carbons (Fsp3) is 0.400. The van der Waals surface area contributed by atoms with E-state index < -0.39 is 26.5 Å². The van der Waals surface area contributed by atoms with E-state index in [0.717, 1.165) is 0 Å². The van der Waals surface area contributed by atoms with Gasteiger partial charge in [-0.25, -0.2) is 19.5 Å². The van der Waals surface area contributed by atoms with Gasteiger partial charge in [0.25, 0.3) is 0 Å². The third kappa shape index (κ3) is 6.25. The molecule has 0 aliphatic rings. The fourth-order valence-electron chi connectivity index (χ4n) is 2.64. The molecule has 12 heteroatoms. The van der Waals surface area contributed by atoms with Crippen molar-refractivity contribution in [1.29, 1.82) is 0 Å². The molecule has 0 spiro atoms. The number of esters is 1. The minimum Gasteiger partial charge on any atom is -0.438 e. The van der Waals surface area contributed by atoms with Crippen molar-refractivity contribution in [3.63, 3.8) is 0 Å². The number of carbonyl (C=O) groups excluding carboxylic acids is 1. The van der Waals surface area contributed by atoms with Crippen LogP contribution in [0.3, 0.4) is 0 Å². The predicted molar refractivity (Wildman–Crippen MR) is 117 cm³/mol. The third-order valence-electron chi connectivity index (χ3n) is 4.31. The molecule has 0 saturated carbocycles. The third-order valence-corrected chi connectivity index (χ3v) is 5.76. The first kappa shape index (κ1) is 23.6. The maximum atomic E-state index is 13.3. The first-order valence-electron chi connectivity index (χ1n) is 9.95. The first-order valence-corrected chi connectivity index (χ1v) is 11.7. The lowest BCUT2D eigenvalue weighted by Gasteiger charge is -2.22. The fourth-order valence-corrected chi connectivity index (χ4v) is 3.92. The summed E-state index contributed by atoms with van der Waals surface area (Å²) >= 11 is 0. The number of ether oxygens (including phenoxy) is 2. The lowest BCUT2D eigenvalue weighted by Crippen LogP contribution is -2.20. The average molecular weight is 463 g/mol. The molecule has 11 nitrogen and oxygen atoms in total. The molecule has 2 N–H and O–H groups in total. The van der Waals surface area contributed by atoms with Gasteiger partial charge in [0.2, 0.25) is 6.79 Å². The van der Waals surface area contributed by atoms with Crippen molar-refractivity contribution in [3.05, 3.63) is 43.0 Å². The summed E-state index contributed by atoms with van der Waals surface area (Å²) in [6.45, 7) is 5.01. The van der Waals surface area contributed by atoms with E-state index in [1.54, 1.807) is 62.0 Å². The van der Waals surface area contributed by atoms with E-state index in [-0.39, 0.29) is 18.1 Å². The van der Waals surface area contributed by atoms with E-state index in [0.29, 0.717) is 23.5 Å². The summed E-state index contributed by atoms with van der Waals surface area (Å²) in [5.41, 5.74) is 6.87. The van der Waals surface area contributed by atoms with Crippen molar-refractivity contribution in [2.75, 3.05) is 18.9 Å². The molecule has 2 aromatic heterocycles. The number of nitrogen functional groups attached to an aromatic ring is 1. The van der Waals surface area contributed by atoms with Crippen LogP contribution in [0.5, 0.6) is 5.75 Å². The molecule has 0 aliphatic heterocycles. The molecule has 0 fully saturated rings. The second-order valence-corrected chi connectivity index (χ2v) is 9.24. The summed E-state index contributed by atoms with van der Waals surface area (Å²) in [6.07, 6.45) is 2.18. The number of benzene rings is 1. The molecule has 0 bridgehead atoms. The van der Waals surface area contributed by atoms with E-state index in [1.165, 1.54) is 6.33 Å². The Bertz CT molecular complexity index is 1090. The molecule has 2 unspecified atom stereocenters. The van der Waals surface area contributed by atoms with E-state index >= 15 is 0 Å². The summed E-state index contributed by atoms with van der Waals surface area (Å²) in [5.74, 6) is -0.187. The molecule has 3 aromatic rings. The number of hydrogen-bond donors (Lipinski definition) is 1. The van der Waals surface area contributed by atoms with Crippen molar-refractivity contribution in [2.24, 2.45) is 5.92 Å². The Morgan fingerprint density at radius 3 is 2.62 bits per heavy atom. The Hall–Kier alpha value is -3.01. The molecule has 2 atom stereocenters. The number of para-hydroxylation sites is 1. The molecule has 32 heavy (non-hydrogen) atoms. The number of fused-ring (bicyclic) bond motifs is 1. The second-order valence-electron chi connectivity index (χ2n) is 7.31. The summed E-state index contributed by atoms with van der Waals surface area (Å²) in [6, 6.07) is 8.55. The van der Waals surface area contributed by atoms with Crippen LogP contribution in [0.1, 0.15) is 20.8 Å². The predicted octanol–water partition coefficient (Wildman–Crippen LogP) is 3.22. The van der Waals surface area contributed by atoms with Gasteiger partial charge in [-0.05, 0) is 19.1 Å². The van der Waals surface area contributed by atoms with Gasteiger partial charge in [0, 0.05) is 0 Å². The van der Waals surface area contributed by atoms with Gasteiger partial charge in [-0.3, -0.25) is 9.32 Å². The SMILES string of the molecule is CC(Cn1cnc2c(N)ncnc21)OCP(=O)(OCOC(=O)C(C)C)Oc1ccccc1. The molecule has 3 rings (SSSR count). The van der Waals surface area contributed by atoms with Crippen LogP contribution in [0.15, 0.2) is 43.0 Å². The zero-order valence-corrected chi connectivity index (χ0v) is 19.0. The molecular formula is C20H26N5O6P. The molecule has 0 amide bonds. The van der Waals surface area contributed by atoms with E-state index in [4.69, 9.17) is 24.3 Å². The Morgan fingerprint density at radius 2 is 1.91 bits per heavy atom. The molecule has 0 radical (unpaired) electrons. The van der Waals surface area contributed by atoms with Gasteiger partial charge in [0.05, 0.1) is 24.9 Å². The Labute approximate surface area is 185 Å². The smallest absolute Gasteiger partial charge is 0.407 e. The second kappa shape index (κ2) is 10.5. The highest BCUT2D eigenvalue weighted by Gasteiger charge is 2.29. The lowest BCUT2D eigenvalue weighted by atomic mass is 10.2. The van der Waals surface area contributed by atoms with Crippen LogP contribution in [0, 0.1) is 5.92 Å². The standard InChI is InChI=1S/C20H26N5O6P/c1-14(2)20(26)28-12-30-32(27,31-16-7-5-4-6-8-16)13-29-15(3)9-25-11-24-17-18(21)22-10-23-19(17)25/h4-8,10-11,14-15H,9,12-13H2,1-3H3,(H2,21,22,23). The molecular weight excluding hydrogens is 437 g/mol. The molecule has 0 saturated heterocycles. The number of carbonyl (C=O) groups is 1. The molecule has 172 valence electrons. The number of anilines is 1. The van der Waals surface area contributed by atoms with Crippen molar-refractivity contribution < 1.29 is 27.9 Å². The van der Waals surface area contributed by atoms with Crippen molar-refractivity contribution >= 4 is 30.5 Å². The average Bonchev–Trinajstić information content (AvgIpc) is 3.17.